The molecule has 1 heterocycles. The summed E-state index contributed by atoms with van der Waals surface area (Å²) in [6.45, 7) is 6.53. The van der Waals surface area contributed by atoms with Crippen LogP contribution in [0.25, 0.3) is 0 Å². The van der Waals surface area contributed by atoms with Gasteiger partial charge in [0.05, 0.1) is 15.8 Å². The van der Waals surface area contributed by atoms with Crippen LogP contribution in [0.15, 0.2) is 0 Å². The molecule has 1 aliphatic rings. The summed E-state index contributed by atoms with van der Waals surface area (Å²) >= 11 is 5.02. The van der Waals surface area contributed by atoms with E-state index in [1.165, 1.54) is 0 Å². The van der Waals surface area contributed by atoms with E-state index in [4.69, 9.17) is 18.0 Å². The van der Waals surface area contributed by atoms with Gasteiger partial charge >= 0.3 is 0 Å². The highest BCUT2D eigenvalue weighted by molar-refractivity contribution is 7.80. The van der Waals surface area contributed by atoms with Crippen molar-refractivity contribution in [1.29, 1.82) is 0 Å². The molecule has 0 aromatic carbocycles. The Morgan fingerprint density at radius 1 is 1.53 bits per heavy atom. The molecule has 2 unspecified atom stereocenters. The minimum Gasteiger partial charge on any atom is -0.392 e. The highest BCUT2D eigenvalue weighted by atomic mass is 32.1. The van der Waals surface area contributed by atoms with Crippen molar-refractivity contribution in [3.05, 3.63) is 0 Å². The zero-order chi connectivity index (χ0) is 14.8. The Labute approximate surface area is 119 Å². The fourth-order valence-corrected chi connectivity index (χ4v) is 2.63. The molecule has 0 aliphatic carbocycles. The van der Waals surface area contributed by atoms with Gasteiger partial charge in [0, 0.05) is 20.1 Å². The van der Waals surface area contributed by atoms with Crippen LogP contribution in [0.3, 0.4) is 0 Å². The van der Waals surface area contributed by atoms with Crippen molar-refractivity contribution in [3.8, 4) is 0 Å². The van der Waals surface area contributed by atoms with Gasteiger partial charge in [0.1, 0.15) is 0 Å². The quantitative estimate of drug-likeness (QED) is 0.745. The van der Waals surface area contributed by atoms with Crippen molar-refractivity contribution in [1.82, 2.24) is 10.2 Å². The predicted molar refractivity (Wildman–Crippen MR) is 78.6 cm³/mol. The number of carbonyl (C=O) groups is 2. The minimum absolute atomic E-state index is 0.0312. The summed E-state index contributed by atoms with van der Waals surface area (Å²) in [5.74, 6) is -0.105. The van der Waals surface area contributed by atoms with Gasteiger partial charge in [-0.25, -0.2) is 0 Å². The third-order valence-corrected chi connectivity index (χ3v) is 4.71. The van der Waals surface area contributed by atoms with Crippen LogP contribution in [-0.4, -0.2) is 41.8 Å². The van der Waals surface area contributed by atoms with E-state index < -0.39 is 10.8 Å². The van der Waals surface area contributed by atoms with Crippen molar-refractivity contribution in [3.63, 3.8) is 0 Å². The summed E-state index contributed by atoms with van der Waals surface area (Å²) in [4.78, 5) is 26.3. The molecule has 1 aliphatic heterocycles. The van der Waals surface area contributed by atoms with Crippen LogP contribution in [0.1, 0.15) is 33.6 Å². The van der Waals surface area contributed by atoms with E-state index in [-0.39, 0.29) is 16.8 Å². The number of nitrogens with one attached hydrogen (secondary N) is 1. The first-order valence-electron chi connectivity index (χ1n) is 6.52. The number of nitrogens with two attached hydrogens (primary N) is 1. The van der Waals surface area contributed by atoms with Gasteiger partial charge in [-0.15, -0.1) is 0 Å². The number of nitrogens with zero attached hydrogens (tertiary/aromatic N) is 1. The van der Waals surface area contributed by atoms with Gasteiger partial charge < -0.3 is 16.0 Å². The van der Waals surface area contributed by atoms with Gasteiger partial charge in [0.2, 0.25) is 11.8 Å². The van der Waals surface area contributed by atoms with Crippen molar-refractivity contribution in [2.24, 2.45) is 16.6 Å². The Balaban J connectivity index is 2.88. The van der Waals surface area contributed by atoms with E-state index >= 15 is 0 Å². The fraction of sp³-hybridized carbons (Fsp3) is 0.769. The molecule has 108 valence electrons. The van der Waals surface area contributed by atoms with E-state index in [1.54, 1.807) is 18.9 Å². The maximum atomic E-state index is 12.6. The normalized spacial score (nSPS) is 25.8. The number of rotatable bonds is 4. The summed E-state index contributed by atoms with van der Waals surface area (Å²) < 4.78 is 0. The van der Waals surface area contributed by atoms with Gasteiger partial charge in [-0.05, 0) is 26.7 Å². The zero-order valence-corrected chi connectivity index (χ0v) is 12.9. The second-order valence-electron chi connectivity index (χ2n) is 5.67. The number of likely N-dealkylation sites (tertiary alicyclic amines) is 1. The van der Waals surface area contributed by atoms with Crippen molar-refractivity contribution in [2.45, 2.75) is 33.6 Å². The molecule has 0 spiro atoms. The number of hydrogen-bond donors (Lipinski definition) is 2. The molecule has 1 rings (SSSR count). The van der Waals surface area contributed by atoms with Crippen molar-refractivity contribution >= 4 is 29.0 Å². The molecule has 0 radical (unpaired) electrons. The highest BCUT2D eigenvalue weighted by Gasteiger charge is 2.46. The van der Waals surface area contributed by atoms with E-state index in [2.05, 4.69) is 5.32 Å². The summed E-state index contributed by atoms with van der Waals surface area (Å²) in [6, 6.07) is 0. The number of carbonyl (C=O) groups excluding carboxylic acids is 2. The van der Waals surface area contributed by atoms with Crippen LogP contribution in [0.5, 0.6) is 0 Å². The molecule has 1 saturated heterocycles. The van der Waals surface area contributed by atoms with Crippen LogP contribution in [-0.2, 0) is 9.59 Å². The third kappa shape index (κ3) is 2.73. The van der Waals surface area contributed by atoms with E-state index in [0.29, 0.717) is 25.9 Å². The summed E-state index contributed by atoms with van der Waals surface area (Å²) in [5, 5.41) is 2.66. The molecule has 6 heteroatoms. The Morgan fingerprint density at radius 2 is 2.11 bits per heavy atom. The first kappa shape index (κ1) is 15.9. The first-order chi connectivity index (χ1) is 8.71. The standard InChI is InChI=1S/C13H23N3O2S/c1-5-13(3,9(14)19)11(18)16-7-6-12(2,8-16)10(17)15-4/h5-8H2,1-4H3,(H2,14,19)(H,15,17). The number of thiocarbonyl (C=S) groups is 1. The molecule has 0 aromatic rings. The molecule has 1 fully saturated rings. The topological polar surface area (TPSA) is 75.4 Å². The molecular formula is C13H23N3O2S. The number of hydrogen-bond acceptors (Lipinski definition) is 3. The average molecular weight is 285 g/mol. The summed E-state index contributed by atoms with van der Waals surface area (Å²) in [7, 11) is 1.61. The molecule has 2 amide bonds. The molecule has 0 saturated carbocycles. The van der Waals surface area contributed by atoms with Gasteiger partial charge in [-0.1, -0.05) is 19.1 Å². The lowest BCUT2D eigenvalue weighted by Crippen LogP contribution is -2.49. The van der Waals surface area contributed by atoms with Crippen LogP contribution >= 0.6 is 12.2 Å². The van der Waals surface area contributed by atoms with Crippen LogP contribution in [0.4, 0.5) is 0 Å². The lowest BCUT2D eigenvalue weighted by Gasteiger charge is -2.31. The van der Waals surface area contributed by atoms with Gasteiger partial charge in [-0.2, -0.15) is 0 Å². The second-order valence-corrected chi connectivity index (χ2v) is 6.11. The Bertz CT molecular complexity index is 413. The molecular weight excluding hydrogens is 262 g/mol. The van der Waals surface area contributed by atoms with Crippen molar-refractivity contribution < 1.29 is 9.59 Å². The lowest BCUT2D eigenvalue weighted by molar-refractivity contribution is -0.137. The van der Waals surface area contributed by atoms with Crippen molar-refractivity contribution in [2.75, 3.05) is 20.1 Å². The Hall–Kier alpha value is -1.17. The summed E-state index contributed by atoms with van der Waals surface area (Å²) in [5.41, 5.74) is 4.37. The minimum atomic E-state index is -0.816. The maximum Gasteiger partial charge on any atom is 0.235 e. The molecule has 0 aromatic heterocycles. The molecule has 2 atom stereocenters. The van der Waals surface area contributed by atoms with E-state index in [1.807, 2.05) is 13.8 Å². The zero-order valence-electron chi connectivity index (χ0n) is 12.1. The smallest absolute Gasteiger partial charge is 0.235 e. The summed E-state index contributed by atoms with van der Waals surface area (Å²) in [6.07, 6.45) is 1.23. The maximum absolute atomic E-state index is 12.6. The number of amides is 2. The van der Waals surface area contributed by atoms with Gasteiger partial charge in [-0.3, -0.25) is 9.59 Å². The fourth-order valence-electron chi connectivity index (χ4n) is 2.40. The van der Waals surface area contributed by atoms with Gasteiger partial charge in [0.15, 0.2) is 0 Å². The average Bonchev–Trinajstić information content (AvgIpc) is 2.79. The van der Waals surface area contributed by atoms with Crippen LogP contribution in [0.2, 0.25) is 0 Å². The molecule has 5 nitrogen and oxygen atoms in total. The molecule has 0 bridgehead atoms. The highest BCUT2D eigenvalue weighted by Crippen LogP contribution is 2.34. The van der Waals surface area contributed by atoms with Gasteiger partial charge in [0.25, 0.3) is 0 Å². The lowest BCUT2D eigenvalue weighted by atomic mass is 9.85. The van der Waals surface area contributed by atoms with E-state index in [0.717, 1.165) is 0 Å². The largest absolute Gasteiger partial charge is 0.392 e. The molecule has 19 heavy (non-hydrogen) atoms. The Morgan fingerprint density at radius 3 is 2.53 bits per heavy atom. The molecule has 3 N–H and O–H groups in total. The van der Waals surface area contributed by atoms with Crippen LogP contribution in [0, 0.1) is 10.8 Å². The van der Waals surface area contributed by atoms with E-state index in [9.17, 15) is 9.59 Å². The monoisotopic (exact) mass is 285 g/mol. The predicted octanol–water partition coefficient (Wildman–Crippen LogP) is 0.673. The Kier molecular flexibility index (Phi) is 4.55. The SMILES string of the molecule is CCC(C)(C(=O)N1CCC(C)(C(=O)NC)C1)C(N)=S. The first-order valence-corrected chi connectivity index (χ1v) is 6.93. The third-order valence-electron chi connectivity index (χ3n) is 4.26. The second kappa shape index (κ2) is 5.45. The van der Waals surface area contributed by atoms with Crippen LogP contribution < -0.4 is 11.1 Å².